The van der Waals surface area contributed by atoms with Crippen LogP contribution in [0.1, 0.15) is 50.3 Å². The maximum Gasteiger partial charge on any atom is 0.223 e. The number of nitrogens with zero attached hydrogens (tertiary/aromatic N) is 2. The molecule has 0 aromatic heterocycles. The average molecular weight is 397 g/mol. The molecular weight excluding hydrogens is 360 g/mol. The first-order valence-electron chi connectivity index (χ1n) is 10.8. The second kappa shape index (κ2) is 12.4. The molecule has 1 aliphatic rings. The molecule has 3 rings (SSSR count). The van der Waals surface area contributed by atoms with E-state index >= 15 is 0 Å². The minimum absolute atomic E-state index is 0.00442. The molecule has 158 valence electrons. The Bertz CT molecular complexity index is 705. The number of benzene rings is 2. The molecule has 0 radical (unpaired) electrons. The summed E-state index contributed by atoms with van der Waals surface area (Å²) >= 11 is 0. The van der Waals surface area contributed by atoms with Gasteiger partial charge in [0, 0.05) is 33.1 Å². The van der Waals surface area contributed by atoms with Gasteiger partial charge in [-0.1, -0.05) is 80.9 Å². The van der Waals surface area contributed by atoms with Gasteiger partial charge in [0.2, 0.25) is 5.91 Å². The molecule has 4 nitrogen and oxygen atoms in total. The second-order valence-corrected chi connectivity index (χ2v) is 7.83. The van der Waals surface area contributed by atoms with Crippen molar-refractivity contribution >= 4 is 5.91 Å². The highest BCUT2D eigenvalue weighted by Crippen LogP contribution is 2.24. The molecule has 1 fully saturated rings. The van der Waals surface area contributed by atoms with Crippen LogP contribution in [0, 0.1) is 0 Å². The highest BCUT2D eigenvalue weighted by atomic mass is 16.3. The maximum absolute atomic E-state index is 12.8. The third-order valence-electron chi connectivity index (χ3n) is 5.19. The van der Waals surface area contributed by atoms with Crippen molar-refractivity contribution in [3.05, 3.63) is 71.8 Å². The zero-order valence-corrected chi connectivity index (χ0v) is 18.1. The number of likely N-dealkylation sites (N-methyl/N-ethyl adjacent to an activating group) is 1. The summed E-state index contributed by atoms with van der Waals surface area (Å²) in [6.45, 7) is 6.58. The fraction of sp³-hybridized carbons (Fsp3) is 0.480. The van der Waals surface area contributed by atoms with E-state index in [9.17, 15) is 9.90 Å². The summed E-state index contributed by atoms with van der Waals surface area (Å²) in [5.41, 5.74) is 2.33. The van der Waals surface area contributed by atoms with Crippen LogP contribution in [0.3, 0.4) is 0 Å². The molecule has 1 heterocycles. The summed E-state index contributed by atoms with van der Waals surface area (Å²) in [5, 5.41) is 9.82. The van der Waals surface area contributed by atoms with Crippen molar-refractivity contribution < 1.29 is 9.90 Å². The Labute approximate surface area is 176 Å². The van der Waals surface area contributed by atoms with Gasteiger partial charge in [-0.2, -0.15) is 0 Å². The van der Waals surface area contributed by atoms with Crippen molar-refractivity contribution in [3.63, 3.8) is 0 Å². The lowest BCUT2D eigenvalue weighted by atomic mass is 10.0. The number of hydrogen-bond donors (Lipinski definition) is 1. The van der Waals surface area contributed by atoms with Crippen molar-refractivity contribution in [2.75, 3.05) is 26.7 Å². The van der Waals surface area contributed by atoms with Crippen LogP contribution in [0.5, 0.6) is 0 Å². The van der Waals surface area contributed by atoms with Crippen molar-refractivity contribution in [1.82, 2.24) is 9.80 Å². The average Bonchev–Trinajstić information content (AvgIpc) is 3.16. The Kier molecular flexibility index (Phi) is 9.89. The summed E-state index contributed by atoms with van der Waals surface area (Å²) in [7, 11) is 1.90. The molecule has 1 saturated heterocycles. The Morgan fingerprint density at radius 3 is 2.24 bits per heavy atom. The van der Waals surface area contributed by atoms with Crippen LogP contribution in [0.2, 0.25) is 0 Å². The number of β-amino-alcohol motifs (C(OH)–C–C–N with tert-alkyl or cyclic N) is 1. The molecule has 4 heteroatoms. The number of carbonyl (C=O) groups excluding carboxylic acids is 1. The third kappa shape index (κ3) is 7.64. The van der Waals surface area contributed by atoms with E-state index in [1.165, 1.54) is 12.0 Å². The quantitative estimate of drug-likeness (QED) is 0.759. The van der Waals surface area contributed by atoms with E-state index in [-0.39, 0.29) is 18.1 Å². The number of rotatable bonds is 7. The number of aryl methyl sites for hydroxylation is 1. The summed E-state index contributed by atoms with van der Waals surface area (Å²) in [6.07, 6.45) is 3.08. The molecule has 1 aliphatic heterocycles. The number of likely N-dealkylation sites (tertiary alicyclic amines) is 1. The van der Waals surface area contributed by atoms with E-state index in [1.807, 2.05) is 48.3 Å². The van der Waals surface area contributed by atoms with Crippen molar-refractivity contribution in [2.45, 2.75) is 51.7 Å². The second-order valence-electron chi connectivity index (χ2n) is 7.83. The van der Waals surface area contributed by atoms with Crippen molar-refractivity contribution in [2.24, 2.45) is 0 Å². The van der Waals surface area contributed by atoms with Gasteiger partial charge in [0.1, 0.15) is 0 Å². The van der Waals surface area contributed by atoms with Crippen LogP contribution in [0.25, 0.3) is 0 Å². The van der Waals surface area contributed by atoms with Crippen LogP contribution >= 0.6 is 0 Å². The van der Waals surface area contributed by atoms with Gasteiger partial charge in [0.15, 0.2) is 0 Å². The number of amides is 1. The van der Waals surface area contributed by atoms with Crippen LogP contribution < -0.4 is 0 Å². The minimum Gasteiger partial charge on any atom is -0.392 e. The molecule has 0 bridgehead atoms. The molecule has 29 heavy (non-hydrogen) atoms. The molecule has 2 aromatic carbocycles. The summed E-state index contributed by atoms with van der Waals surface area (Å²) < 4.78 is 0. The normalized spacial score (nSPS) is 17.3. The smallest absolute Gasteiger partial charge is 0.223 e. The number of carbonyl (C=O) groups is 1. The maximum atomic E-state index is 12.8. The van der Waals surface area contributed by atoms with Crippen molar-refractivity contribution in [3.8, 4) is 0 Å². The van der Waals surface area contributed by atoms with Gasteiger partial charge in [-0.05, 0) is 24.0 Å². The van der Waals surface area contributed by atoms with Crippen LogP contribution in [0.4, 0.5) is 0 Å². The van der Waals surface area contributed by atoms with Gasteiger partial charge in [-0.15, -0.1) is 0 Å². The number of hydrogen-bond acceptors (Lipinski definition) is 3. The standard InChI is InChI=1S/C22H28N2O2.C3H8/c1-23(22(26)13-12-18-8-4-2-5-9-18)21(19-10-6-3-7-11-19)17-24-15-14-20(25)16-24;1-3-2/h2-11,20-21,25H,12-17H2,1H3;3H2,1-2H3/t20-,21?;/m0./s1. The first-order valence-corrected chi connectivity index (χ1v) is 10.8. The van der Waals surface area contributed by atoms with Gasteiger partial charge < -0.3 is 10.0 Å². The number of aliphatic hydroxyl groups excluding tert-OH is 1. The van der Waals surface area contributed by atoms with E-state index in [0.29, 0.717) is 13.0 Å². The lowest BCUT2D eigenvalue weighted by Gasteiger charge is -2.32. The largest absolute Gasteiger partial charge is 0.392 e. The van der Waals surface area contributed by atoms with Crippen LogP contribution in [-0.2, 0) is 11.2 Å². The van der Waals surface area contributed by atoms with Gasteiger partial charge in [-0.25, -0.2) is 0 Å². The molecule has 0 aliphatic carbocycles. The molecule has 1 N–H and O–H groups in total. The van der Waals surface area contributed by atoms with Gasteiger partial charge in [0.25, 0.3) is 0 Å². The zero-order valence-electron chi connectivity index (χ0n) is 18.1. The summed E-state index contributed by atoms with van der Waals surface area (Å²) in [4.78, 5) is 17.0. The molecule has 2 aromatic rings. The van der Waals surface area contributed by atoms with Crippen LogP contribution in [0.15, 0.2) is 60.7 Å². The minimum atomic E-state index is -0.245. The Hall–Kier alpha value is -2.17. The molecule has 1 unspecified atom stereocenters. The predicted molar refractivity (Wildman–Crippen MR) is 120 cm³/mol. The van der Waals surface area contributed by atoms with E-state index in [2.05, 4.69) is 43.0 Å². The lowest BCUT2D eigenvalue weighted by molar-refractivity contribution is -0.132. The van der Waals surface area contributed by atoms with E-state index in [4.69, 9.17) is 0 Å². The Balaban J connectivity index is 0.000000941. The Morgan fingerprint density at radius 2 is 1.69 bits per heavy atom. The van der Waals surface area contributed by atoms with Gasteiger partial charge >= 0.3 is 0 Å². The van der Waals surface area contributed by atoms with E-state index < -0.39 is 0 Å². The lowest BCUT2D eigenvalue weighted by Crippen LogP contribution is -2.39. The van der Waals surface area contributed by atoms with Gasteiger partial charge in [0.05, 0.1) is 12.1 Å². The van der Waals surface area contributed by atoms with E-state index in [0.717, 1.165) is 31.5 Å². The van der Waals surface area contributed by atoms with Crippen LogP contribution in [-0.4, -0.2) is 53.6 Å². The summed E-state index contributed by atoms with van der Waals surface area (Å²) in [6, 6.07) is 20.3. The third-order valence-corrected chi connectivity index (χ3v) is 5.19. The topological polar surface area (TPSA) is 43.8 Å². The first kappa shape index (κ1) is 23.1. The predicted octanol–water partition coefficient (Wildman–Crippen LogP) is 4.30. The molecular formula is C25H36N2O2. The molecule has 0 spiro atoms. The zero-order chi connectivity index (χ0) is 21.1. The SMILES string of the molecule is CCC.CN(C(=O)CCc1ccccc1)C(CN1CC[C@H](O)C1)c1ccccc1. The highest BCUT2D eigenvalue weighted by Gasteiger charge is 2.27. The molecule has 0 saturated carbocycles. The molecule has 1 amide bonds. The van der Waals surface area contributed by atoms with Crippen molar-refractivity contribution in [1.29, 1.82) is 0 Å². The number of aliphatic hydroxyl groups is 1. The highest BCUT2D eigenvalue weighted by molar-refractivity contribution is 5.76. The van der Waals surface area contributed by atoms with Gasteiger partial charge in [-0.3, -0.25) is 9.69 Å². The fourth-order valence-corrected chi connectivity index (χ4v) is 3.60. The fourth-order valence-electron chi connectivity index (χ4n) is 3.60. The van der Waals surface area contributed by atoms with E-state index in [1.54, 1.807) is 0 Å². The Morgan fingerprint density at radius 1 is 1.10 bits per heavy atom. The summed E-state index contributed by atoms with van der Waals surface area (Å²) in [5.74, 6) is 0.155. The molecule has 2 atom stereocenters. The first-order chi connectivity index (χ1) is 14.0. The monoisotopic (exact) mass is 396 g/mol.